The number of hydrogen-bond donors (Lipinski definition) is 0. The molecule has 1 aliphatic heterocycles. The van der Waals surface area contributed by atoms with Gasteiger partial charge in [-0.3, -0.25) is 4.79 Å². The van der Waals surface area contributed by atoms with Crippen molar-refractivity contribution in [3.8, 4) is 5.75 Å². The van der Waals surface area contributed by atoms with Crippen molar-refractivity contribution in [2.24, 2.45) is 0 Å². The van der Waals surface area contributed by atoms with E-state index < -0.39 is 10.0 Å². The Bertz CT molecular complexity index is 643. The maximum Gasteiger partial charge on any atom is 0.253 e. The summed E-state index contributed by atoms with van der Waals surface area (Å²) >= 11 is 0. The van der Waals surface area contributed by atoms with Gasteiger partial charge < -0.3 is 9.64 Å². The third-order valence-corrected chi connectivity index (χ3v) is 6.18. The van der Waals surface area contributed by atoms with Crippen LogP contribution >= 0.6 is 0 Å². The lowest BCUT2D eigenvalue weighted by atomic mass is 10.2. The molecule has 0 bridgehead atoms. The number of carbonyl (C=O) groups excluding carboxylic acids is 1. The van der Waals surface area contributed by atoms with E-state index in [0.29, 0.717) is 50.3 Å². The first-order chi connectivity index (χ1) is 11.5. The quantitative estimate of drug-likeness (QED) is 0.783. The highest BCUT2D eigenvalue weighted by Crippen LogP contribution is 2.16. The molecule has 0 aromatic heterocycles. The van der Waals surface area contributed by atoms with Crippen molar-refractivity contribution in [3.63, 3.8) is 0 Å². The predicted molar refractivity (Wildman–Crippen MR) is 93.8 cm³/mol. The first-order valence-corrected chi connectivity index (χ1v) is 10.00. The van der Waals surface area contributed by atoms with Crippen LogP contribution in [-0.2, 0) is 10.0 Å². The molecule has 2 rings (SSSR count). The molecule has 1 aromatic rings. The smallest absolute Gasteiger partial charge is 0.253 e. The number of benzene rings is 1. The van der Waals surface area contributed by atoms with Gasteiger partial charge in [0.1, 0.15) is 5.75 Å². The van der Waals surface area contributed by atoms with Crippen molar-refractivity contribution in [2.45, 2.75) is 26.2 Å². The van der Waals surface area contributed by atoms with E-state index in [9.17, 15) is 13.2 Å². The molecular formula is C17H26N2O4S. The molecule has 1 fully saturated rings. The molecule has 1 saturated heterocycles. The summed E-state index contributed by atoms with van der Waals surface area (Å²) in [5, 5.41) is 0. The number of ether oxygens (including phenoxy) is 1. The summed E-state index contributed by atoms with van der Waals surface area (Å²) in [4.78, 5) is 14.3. The van der Waals surface area contributed by atoms with Crippen molar-refractivity contribution < 1.29 is 17.9 Å². The average Bonchev–Trinajstić information content (AvgIpc) is 2.86. The zero-order chi connectivity index (χ0) is 17.6. The molecule has 0 N–H and O–H groups in total. The average molecular weight is 354 g/mol. The monoisotopic (exact) mass is 354 g/mol. The Kier molecular flexibility index (Phi) is 6.62. The van der Waals surface area contributed by atoms with Gasteiger partial charge in [0.2, 0.25) is 10.0 Å². The molecule has 0 atom stereocenters. The fourth-order valence-electron chi connectivity index (χ4n) is 2.75. The standard InChI is InChI=1S/C17H26N2O4S/c1-3-4-14-24(21,22)19-11-5-10-18(12-13-19)17(20)15-6-8-16(23-2)9-7-15/h6-9H,3-5,10-14H2,1-2H3. The van der Waals surface area contributed by atoms with Gasteiger partial charge in [0.05, 0.1) is 12.9 Å². The number of amides is 1. The Hall–Kier alpha value is -1.60. The molecule has 0 aliphatic carbocycles. The van der Waals surface area contributed by atoms with Crippen molar-refractivity contribution >= 4 is 15.9 Å². The van der Waals surface area contributed by atoms with E-state index in [0.717, 1.165) is 6.42 Å². The van der Waals surface area contributed by atoms with Crippen molar-refractivity contribution in [1.29, 1.82) is 0 Å². The third-order valence-electron chi connectivity index (χ3n) is 4.23. The molecule has 0 unspecified atom stereocenters. The molecule has 0 saturated carbocycles. The summed E-state index contributed by atoms with van der Waals surface area (Å²) < 4.78 is 31.3. The number of hydrogen-bond acceptors (Lipinski definition) is 4. The molecule has 7 heteroatoms. The molecule has 24 heavy (non-hydrogen) atoms. The minimum absolute atomic E-state index is 0.0644. The molecule has 1 amide bonds. The zero-order valence-electron chi connectivity index (χ0n) is 14.4. The molecule has 1 aromatic carbocycles. The van der Waals surface area contributed by atoms with Gasteiger partial charge in [0.15, 0.2) is 0 Å². The van der Waals surface area contributed by atoms with Crippen molar-refractivity contribution in [2.75, 3.05) is 39.0 Å². The molecule has 1 heterocycles. The third kappa shape index (κ3) is 4.70. The number of carbonyl (C=O) groups is 1. The van der Waals surface area contributed by atoms with Crippen LogP contribution in [0, 0.1) is 0 Å². The number of unbranched alkanes of at least 4 members (excludes halogenated alkanes) is 1. The largest absolute Gasteiger partial charge is 0.497 e. The van der Waals surface area contributed by atoms with Crippen LogP contribution < -0.4 is 4.74 Å². The second-order valence-electron chi connectivity index (χ2n) is 5.94. The van der Waals surface area contributed by atoms with Crippen LogP contribution in [-0.4, -0.2) is 62.6 Å². The summed E-state index contributed by atoms with van der Waals surface area (Å²) in [6.45, 7) is 3.83. The Morgan fingerprint density at radius 2 is 1.83 bits per heavy atom. The summed E-state index contributed by atoms with van der Waals surface area (Å²) in [7, 11) is -1.63. The highest BCUT2D eigenvalue weighted by molar-refractivity contribution is 7.89. The van der Waals surface area contributed by atoms with Crippen LogP contribution in [0.25, 0.3) is 0 Å². The Morgan fingerprint density at radius 3 is 2.46 bits per heavy atom. The van der Waals surface area contributed by atoms with Crippen LogP contribution in [0.4, 0.5) is 0 Å². The lowest BCUT2D eigenvalue weighted by molar-refractivity contribution is 0.0764. The normalized spacial score (nSPS) is 16.7. The molecule has 1 aliphatic rings. The van der Waals surface area contributed by atoms with E-state index in [2.05, 4.69) is 0 Å². The zero-order valence-corrected chi connectivity index (χ0v) is 15.2. The lowest BCUT2D eigenvalue weighted by Crippen LogP contribution is -2.38. The van der Waals surface area contributed by atoms with Gasteiger partial charge in [-0.1, -0.05) is 13.3 Å². The lowest BCUT2D eigenvalue weighted by Gasteiger charge is -2.22. The van der Waals surface area contributed by atoms with Gasteiger partial charge in [-0.25, -0.2) is 12.7 Å². The Balaban J connectivity index is 2.00. The Labute approximate surface area is 144 Å². The van der Waals surface area contributed by atoms with E-state index >= 15 is 0 Å². The number of rotatable bonds is 6. The van der Waals surface area contributed by atoms with Crippen molar-refractivity contribution in [1.82, 2.24) is 9.21 Å². The fourth-order valence-corrected chi connectivity index (χ4v) is 4.43. The maximum atomic E-state index is 12.6. The van der Waals surface area contributed by atoms with Crippen LogP contribution in [0.15, 0.2) is 24.3 Å². The second kappa shape index (κ2) is 8.48. The Morgan fingerprint density at radius 1 is 1.12 bits per heavy atom. The van der Waals surface area contributed by atoms with Gasteiger partial charge in [0.25, 0.3) is 5.91 Å². The minimum Gasteiger partial charge on any atom is -0.497 e. The number of methoxy groups -OCH3 is 1. The van der Waals surface area contributed by atoms with Gasteiger partial charge in [-0.05, 0) is 37.1 Å². The molecule has 134 valence electrons. The van der Waals surface area contributed by atoms with Gasteiger partial charge in [-0.15, -0.1) is 0 Å². The van der Waals surface area contributed by atoms with E-state index in [1.165, 1.54) is 4.31 Å². The van der Waals surface area contributed by atoms with Gasteiger partial charge in [0, 0.05) is 31.7 Å². The first kappa shape index (κ1) is 18.7. The molecule has 0 radical (unpaired) electrons. The SMILES string of the molecule is CCCCS(=O)(=O)N1CCCN(C(=O)c2ccc(OC)cc2)CC1. The molecule has 6 nitrogen and oxygen atoms in total. The highest BCUT2D eigenvalue weighted by atomic mass is 32.2. The van der Waals surface area contributed by atoms with Crippen LogP contribution in [0.2, 0.25) is 0 Å². The highest BCUT2D eigenvalue weighted by Gasteiger charge is 2.26. The van der Waals surface area contributed by atoms with E-state index in [1.807, 2.05) is 6.92 Å². The molecule has 0 spiro atoms. The first-order valence-electron chi connectivity index (χ1n) is 8.39. The van der Waals surface area contributed by atoms with Crippen molar-refractivity contribution in [3.05, 3.63) is 29.8 Å². The number of sulfonamides is 1. The summed E-state index contributed by atoms with van der Waals surface area (Å²) in [6, 6.07) is 6.99. The van der Waals surface area contributed by atoms with Gasteiger partial charge >= 0.3 is 0 Å². The number of nitrogens with zero attached hydrogens (tertiary/aromatic N) is 2. The van der Waals surface area contributed by atoms with E-state index in [4.69, 9.17) is 4.74 Å². The van der Waals surface area contributed by atoms with Gasteiger partial charge in [-0.2, -0.15) is 0 Å². The van der Waals surface area contributed by atoms with Crippen LogP contribution in [0.3, 0.4) is 0 Å². The summed E-state index contributed by atoms with van der Waals surface area (Å²) in [5.74, 6) is 0.830. The van der Waals surface area contributed by atoms with E-state index in [-0.39, 0.29) is 11.7 Å². The summed E-state index contributed by atoms with van der Waals surface area (Å²) in [6.07, 6.45) is 2.19. The fraction of sp³-hybridized carbons (Fsp3) is 0.588. The predicted octanol–water partition coefficient (Wildman–Crippen LogP) is 1.97. The maximum absolute atomic E-state index is 12.6. The van der Waals surface area contributed by atoms with Crippen LogP contribution in [0.5, 0.6) is 5.75 Å². The topological polar surface area (TPSA) is 66.9 Å². The van der Waals surface area contributed by atoms with E-state index in [1.54, 1.807) is 36.3 Å². The second-order valence-corrected chi connectivity index (χ2v) is 8.03. The minimum atomic E-state index is -3.21. The van der Waals surface area contributed by atoms with Crippen LogP contribution in [0.1, 0.15) is 36.5 Å². The molecular weight excluding hydrogens is 328 g/mol. The summed E-state index contributed by atoms with van der Waals surface area (Å²) in [5.41, 5.74) is 0.595.